The van der Waals surface area contributed by atoms with Gasteiger partial charge in [0.05, 0.1) is 0 Å². The summed E-state index contributed by atoms with van der Waals surface area (Å²) in [7, 11) is 0. The largest absolute Gasteiger partial charge is 0.326 e. The van der Waals surface area contributed by atoms with E-state index >= 15 is 0 Å². The Labute approximate surface area is 134 Å². The molecular formula is C16H17Cl2NS. The Bertz CT molecular complexity index is 557. The van der Waals surface area contributed by atoms with E-state index in [1.54, 1.807) is 11.8 Å². The number of hydrogen-bond donors (Lipinski definition) is 1. The van der Waals surface area contributed by atoms with Gasteiger partial charge in [0, 0.05) is 26.2 Å². The van der Waals surface area contributed by atoms with Gasteiger partial charge < -0.3 is 5.73 Å². The minimum atomic E-state index is 0.0779. The molecular weight excluding hydrogens is 309 g/mol. The van der Waals surface area contributed by atoms with Crippen molar-refractivity contribution in [1.82, 2.24) is 0 Å². The molecule has 0 aliphatic heterocycles. The average molecular weight is 326 g/mol. The van der Waals surface area contributed by atoms with Crippen molar-refractivity contribution in [3.8, 4) is 0 Å². The topological polar surface area (TPSA) is 26.0 Å². The normalized spacial score (nSPS) is 14.0. The summed E-state index contributed by atoms with van der Waals surface area (Å²) in [5, 5.41) is 1.67. The monoisotopic (exact) mass is 325 g/mol. The zero-order chi connectivity index (χ0) is 14.5. The van der Waals surface area contributed by atoms with Crippen LogP contribution in [0.1, 0.15) is 24.2 Å². The average Bonchev–Trinajstić information content (AvgIpc) is 2.46. The molecule has 0 bridgehead atoms. The third-order valence-corrected chi connectivity index (χ3v) is 5.02. The maximum atomic E-state index is 6.29. The molecule has 0 aliphatic rings. The Morgan fingerprint density at radius 3 is 2.35 bits per heavy atom. The van der Waals surface area contributed by atoms with Crippen LogP contribution in [0.25, 0.3) is 0 Å². The SMILES string of the molecule is CCC(N)C(Sc1ccc(Cl)cc1)c1cccc(Cl)c1. The van der Waals surface area contributed by atoms with Crippen molar-refractivity contribution in [2.45, 2.75) is 29.5 Å². The zero-order valence-electron chi connectivity index (χ0n) is 11.2. The maximum Gasteiger partial charge on any atom is 0.0495 e. The fourth-order valence-corrected chi connectivity index (χ4v) is 3.52. The van der Waals surface area contributed by atoms with Gasteiger partial charge in [0.1, 0.15) is 0 Å². The van der Waals surface area contributed by atoms with E-state index < -0.39 is 0 Å². The molecule has 0 amide bonds. The van der Waals surface area contributed by atoms with E-state index in [1.807, 2.05) is 42.5 Å². The molecule has 2 atom stereocenters. The second-order valence-corrected chi connectivity index (χ2v) is 6.71. The number of hydrogen-bond acceptors (Lipinski definition) is 2. The molecule has 2 rings (SSSR count). The summed E-state index contributed by atoms with van der Waals surface area (Å²) in [5.74, 6) is 0. The lowest BCUT2D eigenvalue weighted by atomic mass is 10.0. The quantitative estimate of drug-likeness (QED) is 0.728. The van der Waals surface area contributed by atoms with Crippen LogP contribution in [0.2, 0.25) is 10.0 Å². The van der Waals surface area contributed by atoms with Crippen molar-refractivity contribution in [2.24, 2.45) is 5.73 Å². The number of thioether (sulfide) groups is 1. The lowest BCUT2D eigenvalue weighted by Crippen LogP contribution is -2.25. The minimum absolute atomic E-state index is 0.0779. The van der Waals surface area contributed by atoms with Gasteiger partial charge in [-0.05, 0) is 48.4 Å². The van der Waals surface area contributed by atoms with E-state index in [1.165, 1.54) is 0 Å². The smallest absolute Gasteiger partial charge is 0.0495 e. The Balaban J connectivity index is 2.26. The van der Waals surface area contributed by atoms with E-state index in [-0.39, 0.29) is 11.3 Å². The van der Waals surface area contributed by atoms with Crippen molar-refractivity contribution in [1.29, 1.82) is 0 Å². The van der Waals surface area contributed by atoms with Crippen LogP contribution in [0, 0.1) is 0 Å². The van der Waals surface area contributed by atoms with Crippen molar-refractivity contribution in [3.63, 3.8) is 0 Å². The van der Waals surface area contributed by atoms with Crippen LogP contribution in [0.5, 0.6) is 0 Å². The lowest BCUT2D eigenvalue weighted by molar-refractivity contribution is 0.634. The molecule has 0 spiro atoms. The van der Waals surface area contributed by atoms with Gasteiger partial charge in [-0.15, -0.1) is 11.8 Å². The first kappa shape index (κ1) is 15.7. The van der Waals surface area contributed by atoms with Crippen LogP contribution < -0.4 is 5.73 Å². The summed E-state index contributed by atoms with van der Waals surface area (Å²) in [5.41, 5.74) is 7.45. The first-order valence-corrected chi connectivity index (χ1v) is 8.17. The molecule has 0 saturated carbocycles. The van der Waals surface area contributed by atoms with Gasteiger partial charge >= 0.3 is 0 Å². The van der Waals surface area contributed by atoms with Crippen molar-refractivity contribution < 1.29 is 0 Å². The van der Waals surface area contributed by atoms with Gasteiger partial charge in [-0.3, -0.25) is 0 Å². The van der Waals surface area contributed by atoms with E-state index in [2.05, 4.69) is 13.0 Å². The van der Waals surface area contributed by atoms with Crippen LogP contribution in [0.3, 0.4) is 0 Å². The van der Waals surface area contributed by atoms with Crippen molar-refractivity contribution in [2.75, 3.05) is 0 Å². The summed E-state index contributed by atoms with van der Waals surface area (Å²) in [6.07, 6.45) is 0.914. The lowest BCUT2D eigenvalue weighted by Gasteiger charge is -2.23. The number of nitrogens with two attached hydrogens (primary N) is 1. The molecule has 2 aromatic rings. The predicted octanol–water partition coefficient (Wildman–Crippen LogP) is 5.56. The highest BCUT2D eigenvalue weighted by atomic mass is 35.5. The highest BCUT2D eigenvalue weighted by Gasteiger charge is 2.20. The molecule has 2 N–H and O–H groups in total. The summed E-state index contributed by atoms with van der Waals surface area (Å²) in [6, 6.07) is 15.8. The Hall–Kier alpha value is -0.670. The number of halogens is 2. The Kier molecular flexibility index (Phi) is 5.79. The van der Waals surface area contributed by atoms with E-state index in [0.29, 0.717) is 0 Å². The van der Waals surface area contributed by atoms with Crippen LogP contribution >= 0.6 is 35.0 Å². The van der Waals surface area contributed by atoms with Gasteiger partial charge in [0.15, 0.2) is 0 Å². The first-order chi connectivity index (χ1) is 9.60. The fraction of sp³-hybridized carbons (Fsp3) is 0.250. The Morgan fingerprint density at radius 1 is 1.05 bits per heavy atom. The fourth-order valence-electron chi connectivity index (χ4n) is 1.96. The van der Waals surface area contributed by atoms with Crippen molar-refractivity contribution in [3.05, 3.63) is 64.1 Å². The molecule has 0 saturated heterocycles. The van der Waals surface area contributed by atoms with Gasteiger partial charge in [-0.25, -0.2) is 0 Å². The second-order valence-electron chi connectivity index (χ2n) is 4.62. The second kappa shape index (κ2) is 7.37. The molecule has 1 nitrogen and oxygen atoms in total. The first-order valence-electron chi connectivity index (χ1n) is 6.53. The summed E-state index contributed by atoms with van der Waals surface area (Å²) < 4.78 is 0. The standard InChI is InChI=1S/C16H17Cl2NS/c1-2-15(19)16(11-4-3-5-13(18)10-11)20-14-8-6-12(17)7-9-14/h3-10,15-16H,2,19H2,1H3. The van der Waals surface area contributed by atoms with Gasteiger partial charge in [-0.2, -0.15) is 0 Å². The summed E-state index contributed by atoms with van der Waals surface area (Å²) >= 11 is 13.8. The molecule has 0 aliphatic carbocycles. The molecule has 0 heterocycles. The van der Waals surface area contributed by atoms with Gasteiger partial charge in [0.25, 0.3) is 0 Å². The van der Waals surface area contributed by atoms with E-state index in [0.717, 1.165) is 26.9 Å². The molecule has 0 fully saturated rings. The third-order valence-electron chi connectivity index (χ3n) is 3.11. The molecule has 4 heteroatoms. The molecule has 2 unspecified atom stereocenters. The van der Waals surface area contributed by atoms with Crippen molar-refractivity contribution >= 4 is 35.0 Å². The van der Waals surface area contributed by atoms with E-state index in [9.17, 15) is 0 Å². The van der Waals surface area contributed by atoms with Gasteiger partial charge in [-0.1, -0.05) is 42.3 Å². The molecule has 106 valence electrons. The third kappa shape index (κ3) is 4.16. The molecule has 0 aromatic heterocycles. The number of rotatable bonds is 5. The number of benzene rings is 2. The predicted molar refractivity (Wildman–Crippen MR) is 89.8 cm³/mol. The van der Waals surface area contributed by atoms with Crippen LogP contribution in [-0.4, -0.2) is 6.04 Å². The molecule has 20 heavy (non-hydrogen) atoms. The highest BCUT2D eigenvalue weighted by molar-refractivity contribution is 7.99. The Morgan fingerprint density at radius 2 is 1.75 bits per heavy atom. The van der Waals surface area contributed by atoms with Crippen LogP contribution in [-0.2, 0) is 0 Å². The summed E-state index contributed by atoms with van der Waals surface area (Å²) in [6.45, 7) is 2.10. The highest BCUT2D eigenvalue weighted by Crippen LogP contribution is 2.39. The van der Waals surface area contributed by atoms with Crippen LogP contribution in [0.4, 0.5) is 0 Å². The zero-order valence-corrected chi connectivity index (χ0v) is 13.6. The van der Waals surface area contributed by atoms with Gasteiger partial charge in [0.2, 0.25) is 0 Å². The van der Waals surface area contributed by atoms with Crippen LogP contribution in [0.15, 0.2) is 53.4 Å². The molecule has 2 aromatic carbocycles. The minimum Gasteiger partial charge on any atom is -0.326 e. The summed E-state index contributed by atoms with van der Waals surface area (Å²) in [4.78, 5) is 1.16. The van der Waals surface area contributed by atoms with E-state index in [4.69, 9.17) is 28.9 Å². The maximum absolute atomic E-state index is 6.29. The molecule has 0 radical (unpaired) electrons.